The van der Waals surface area contributed by atoms with E-state index in [4.69, 9.17) is 4.42 Å². The van der Waals surface area contributed by atoms with E-state index in [2.05, 4.69) is 10.5 Å². The lowest BCUT2D eigenvalue weighted by Crippen LogP contribution is -2.21. The number of fused-ring (bicyclic) bond motifs is 1. The number of nitrogens with zero attached hydrogens (tertiary/aromatic N) is 1. The number of carbonyl (C=O) groups excluding carboxylic acids is 1. The lowest BCUT2D eigenvalue weighted by atomic mass is 9.96. The Morgan fingerprint density at radius 2 is 2.18 bits per heavy atom. The van der Waals surface area contributed by atoms with E-state index in [1.54, 1.807) is 11.3 Å². The third-order valence-corrected chi connectivity index (χ3v) is 5.05. The molecule has 0 unspecified atom stereocenters. The van der Waals surface area contributed by atoms with Crippen molar-refractivity contribution in [2.45, 2.75) is 46.0 Å². The number of amides is 1. The van der Waals surface area contributed by atoms with Crippen LogP contribution in [-0.2, 0) is 12.8 Å². The topological polar surface area (TPSA) is 54.6 Å². The van der Waals surface area contributed by atoms with Crippen LogP contribution in [0.1, 0.15) is 58.5 Å². The van der Waals surface area contributed by atoms with Crippen molar-refractivity contribution in [1.82, 2.24) is 5.43 Å². The number of rotatable bonds is 4. The highest BCUT2D eigenvalue weighted by Crippen LogP contribution is 2.30. The molecular weight excluding hydrogens is 296 g/mol. The van der Waals surface area contributed by atoms with Crippen molar-refractivity contribution in [3.8, 4) is 0 Å². The predicted octanol–water partition coefficient (Wildman–Crippen LogP) is 4.07. The molecule has 0 aliphatic heterocycles. The molecular formula is C17H20N2O2S. The average Bonchev–Trinajstić information content (AvgIpc) is 3.14. The standard InChI is InChI=1S/C17H20N2O2S/c1-3-14(15-9-8-11(2)21-15)18-19-17(20)13-10-22-16-7-5-4-6-12(13)16/h8-10H,3-7H2,1-2H3,(H,19,20)/b18-14-. The lowest BCUT2D eigenvalue weighted by molar-refractivity contribution is 0.0954. The second-order valence-electron chi connectivity index (χ2n) is 5.52. The lowest BCUT2D eigenvalue weighted by Gasteiger charge is -2.12. The minimum atomic E-state index is -0.117. The average molecular weight is 316 g/mol. The third kappa shape index (κ3) is 2.99. The molecule has 4 nitrogen and oxygen atoms in total. The summed E-state index contributed by atoms with van der Waals surface area (Å²) in [4.78, 5) is 13.8. The van der Waals surface area contributed by atoms with Gasteiger partial charge in [-0.1, -0.05) is 6.92 Å². The monoisotopic (exact) mass is 316 g/mol. The summed E-state index contributed by atoms with van der Waals surface area (Å²) in [7, 11) is 0. The molecule has 3 rings (SSSR count). The smallest absolute Gasteiger partial charge is 0.272 e. The van der Waals surface area contributed by atoms with Crippen LogP contribution >= 0.6 is 11.3 Å². The van der Waals surface area contributed by atoms with Gasteiger partial charge in [-0.3, -0.25) is 4.79 Å². The molecule has 22 heavy (non-hydrogen) atoms. The highest BCUT2D eigenvalue weighted by molar-refractivity contribution is 7.10. The fourth-order valence-corrected chi connectivity index (χ4v) is 3.89. The van der Waals surface area contributed by atoms with Gasteiger partial charge >= 0.3 is 0 Å². The number of hydrogen-bond donors (Lipinski definition) is 1. The molecule has 5 heteroatoms. The number of furan rings is 1. The van der Waals surface area contributed by atoms with Crippen LogP contribution in [-0.4, -0.2) is 11.6 Å². The van der Waals surface area contributed by atoms with E-state index in [9.17, 15) is 4.79 Å². The van der Waals surface area contributed by atoms with E-state index in [1.807, 2.05) is 31.4 Å². The Labute approximate surface area is 134 Å². The van der Waals surface area contributed by atoms with Crippen molar-refractivity contribution in [1.29, 1.82) is 0 Å². The van der Waals surface area contributed by atoms with Crippen molar-refractivity contribution < 1.29 is 9.21 Å². The fraction of sp³-hybridized carbons (Fsp3) is 0.412. The summed E-state index contributed by atoms with van der Waals surface area (Å²) in [6.07, 6.45) is 5.20. The Morgan fingerprint density at radius 1 is 1.36 bits per heavy atom. The minimum absolute atomic E-state index is 0.117. The van der Waals surface area contributed by atoms with Gasteiger partial charge in [-0.05, 0) is 56.7 Å². The van der Waals surface area contributed by atoms with Gasteiger partial charge in [0, 0.05) is 10.3 Å². The quantitative estimate of drug-likeness (QED) is 0.683. The van der Waals surface area contributed by atoms with Crippen molar-refractivity contribution in [3.63, 3.8) is 0 Å². The Morgan fingerprint density at radius 3 is 2.91 bits per heavy atom. The summed E-state index contributed by atoms with van der Waals surface area (Å²) in [5.41, 5.74) is 5.45. The summed E-state index contributed by atoms with van der Waals surface area (Å²) in [5.74, 6) is 1.44. The van der Waals surface area contributed by atoms with E-state index in [-0.39, 0.29) is 5.91 Å². The van der Waals surface area contributed by atoms with Crippen LogP contribution in [0.25, 0.3) is 0 Å². The highest BCUT2D eigenvalue weighted by atomic mass is 32.1. The van der Waals surface area contributed by atoms with Crippen LogP contribution in [0.3, 0.4) is 0 Å². The molecule has 1 aliphatic carbocycles. The van der Waals surface area contributed by atoms with Crippen molar-refractivity contribution >= 4 is 23.0 Å². The second-order valence-corrected chi connectivity index (χ2v) is 6.49. The van der Waals surface area contributed by atoms with Crippen LogP contribution in [0.15, 0.2) is 27.0 Å². The molecule has 2 aromatic rings. The van der Waals surface area contributed by atoms with E-state index in [0.717, 1.165) is 29.9 Å². The van der Waals surface area contributed by atoms with Crippen LogP contribution in [0.5, 0.6) is 0 Å². The number of nitrogens with one attached hydrogen (secondary N) is 1. The fourth-order valence-electron chi connectivity index (χ4n) is 2.76. The number of carbonyl (C=O) groups is 1. The van der Waals surface area contributed by atoms with Gasteiger partial charge < -0.3 is 4.42 Å². The summed E-state index contributed by atoms with van der Waals surface area (Å²) < 4.78 is 5.57. The van der Waals surface area contributed by atoms with Gasteiger partial charge in [0.05, 0.1) is 5.56 Å². The largest absolute Gasteiger partial charge is 0.460 e. The molecule has 0 saturated carbocycles. The maximum absolute atomic E-state index is 12.4. The molecule has 0 atom stereocenters. The summed E-state index contributed by atoms with van der Waals surface area (Å²) in [6.45, 7) is 3.89. The maximum Gasteiger partial charge on any atom is 0.272 e. The Balaban J connectivity index is 1.76. The Bertz CT molecular complexity index is 712. The van der Waals surface area contributed by atoms with E-state index >= 15 is 0 Å². The molecule has 1 N–H and O–H groups in total. The van der Waals surface area contributed by atoms with Gasteiger partial charge in [0.25, 0.3) is 5.91 Å². The minimum Gasteiger partial charge on any atom is -0.460 e. The predicted molar refractivity (Wildman–Crippen MR) is 88.7 cm³/mol. The zero-order chi connectivity index (χ0) is 15.5. The summed E-state index contributed by atoms with van der Waals surface area (Å²) >= 11 is 1.69. The zero-order valence-corrected chi connectivity index (χ0v) is 13.8. The van der Waals surface area contributed by atoms with Gasteiger partial charge in [0.15, 0.2) is 0 Å². The Kier molecular flexibility index (Phi) is 4.43. The van der Waals surface area contributed by atoms with Crippen molar-refractivity contribution in [2.75, 3.05) is 0 Å². The zero-order valence-electron chi connectivity index (χ0n) is 12.9. The van der Waals surface area contributed by atoms with Gasteiger partial charge in [0.2, 0.25) is 0 Å². The first-order chi connectivity index (χ1) is 10.7. The van der Waals surface area contributed by atoms with Gasteiger partial charge in [-0.2, -0.15) is 5.10 Å². The van der Waals surface area contributed by atoms with Crippen molar-refractivity contribution in [2.24, 2.45) is 5.10 Å². The molecule has 0 fully saturated rings. The first-order valence-electron chi connectivity index (χ1n) is 7.72. The molecule has 0 aromatic carbocycles. The van der Waals surface area contributed by atoms with Gasteiger partial charge in [-0.25, -0.2) is 5.43 Å². The molecule has 1 amide bonds. The molecule has 1 aliphatic rings. The molecule has 0 spiro atoms. The Hall–Kier alpha value is -1.88. The summed E-state index contributed by atoms with van der Waals surface area (Å²) in [5, 5.41) is 6.22. The first kappa shape index (κ1) is 15.0. The van der Waals surface area contributed by atoms with E-state index in [0.29, 0.717) is 12.2 Å². The second kappa shape index (κ2) is 6.48. The van der Waals surface area contributed by atoms with Crippen LogP contribution < -0.4 is 5.43 Å². The maximum atomic E-state index is 12.4. The van der Waals surface area contributed by atoms with E-state index < -0.39 is 0 Å². The molecule has 0 bridgehead atoms. The normalized spacial score (nSPS) is 14.7. The van der Waals surface area contributed by atoms with Crippen LogP contribution in [0.4, 0.5) is 0 Å². The molecule has 0 saturated heterocycles. The number of hydrazone groups is 1. The molecule has 2 heterocycles. The number of aryl methyl sites for hydroxylation is 2. The summed E-state index contributed by atoms with van der Waals surface area (Å²) in [6, 6.07) is 3.79. The van der Waals surface area contributed by atoms with E-state index in [1.165, 1.54) is 23.3 Å². The van der Waals surface area contributed by atoms with Gasteiger partial charge in [0.1, 0.15) is 17.2 Å². The molecule has 2 aromatic heterocycles. The van der Waals surface area contributed by atoms with Crippen LogP contribution in [0.2, 0.25) is 0 Å². The van der Waals surface area contributed by atoms with Crippen LogP contribution in [0, 0.1) is 6.92 Å². The van der Waals surface area contributed by atoms with Crippen molar-refractivity contribution in [3.05, 3.63) is 45.0 Å². The SMILES string of the molecule is CC/C(=N/NC(=O)c1csc2c1CCCC2)c1ccc(C)o1. The first-order valence-corrected chi connectivity index (χ1v) is 8.60. The molecule has 0 radical (unpaired) electrons. The number of hydrogen-bond acceptors (Lipinski definition) is 4. The third-order valence-electron chi connectivity index (χ3n) is 3.96. The van der Waals surface area contributed by atoms with Gasteiger partial charge in [-0.15, -0.1) is 11.3 Å². The molecule has 116 valence electrons. The number of thiophene rings is 1. The highest BCUT2D eigenvalue weighted by Gasteiger charge is 2.20.